The number of hydrogen-bond donors (Lipinski definition) is 0. The molecular formula is C14H29N3. The van der Waals surface area contributed by atoms with Gasteiger partial charge in [0, 0.05) is 38.8 Å². The van der Waals surface area contributed by atoms with Gasteiger partial charge in [0.05, 0.1) is 0 Å². The Labute approximate surface area is 107 Å². The average molecular weight is 239 g/mol. The molecule has 1 saturated carbocycles. The Morgan fingerprint density at radius 3 is 2.06 bits per heavy atom. The van der Waals surface area contributed by atoms with Gasteiger partial charge in [-0.05, 0) is 52.7 Å². The largest absolute Gasteiger partial charge is 0.309 e. The van der Waals surface area contributed by atoms with Crippen molar-refractivity contribution >= 4 is 0 Å². The van der Waals surface area contributed by atoms with Crippen LogP contribution in [0.25, 0.3) is 0 Å². The minimum atomic E-state index is 0.891. The van der Waals surface area contributed by atoms with Gasteiger partial charge in [-0.1, -0.05) is 0 Å². The highest BCUT2D eigenvalue weighted by Gasteiger charge is 2.27. The molecule has 0 amide bonds. The Hall–Kier alpha value is -0.120. The first-order valence-electron chi connectivity index (χ1n) is 7.22. The minimum absolute atomic E-state index is 0.891. The van der Waals surface area contributed by atoms with Crippen LogP contribution in [0.1, 0.15) is 25.7 Å². The Kier molecular flexibility index (Phi) is 4.83. The summed E-state index contributed by atoms with van der Waals surface area (Å²) in [5.41, 5.74) is 0. The summed E-state index contributed by atoms with van der Waals surface area (Å²) in [5, 5.41) is 0. The fourth-order valence-corrected chi connectivity index (χ4v) is 3.40. The van der Waals surface area contributed by atoms with Crippen LogP contribution in [0.5, 0.6) is 0 Å². The van der Waals surface area contributed by atoms with Crippen molar-refractivity contribution in [2.75, 3.05) is 53.9 Å². The lowest BCUT2D eigenvalue weighted by Crippen LogP contribution is -2.50. The van der Waals surface area contributed by atoms with Crippen molar-refractivity contribution in [1.82, 2.24) is 14.7 Å². The van der Waals surface area contributed by atoms with E-state index < -0.39 is 0 Å². The van der Waals surface area contributed by atoms with Gasteiger partial charge in [0.1, 0.15) is 0 Å². The second kappa shape index (κ2) is 6.17. The van der Waals surface area contributed by atoms with E-state index >= 15 is 0 Å². The Morgan fingerprint density at radius 2 is 1.53 bits per heavy atom. The fourth-order valence-electron chi connectivity index (χ4n) is 3.40. The summed E-state index contributed by atoms with van der Waals surface area (Å²) < 4.78 is 0. The number of likely N-dealkylation sites (N-methyl/N-ethyl adjacent to an activating group) is 1. The van der Waals surface area contributed by atoms with E-state index in [4.69, 9.17) is 0 Å². The molecule has 0 aromatic heterocycles. The van der Waals surface area contributed by atoms with Crippen LogP contribution in [0.3, 0.4) is 0 Å². The number of hydrogen-bond acceptors (Lipinski definition) is 3. The molecule has 2 aliphatic rings. The molecule has 0 aromatic carbocycles. The van der Waals surface area contributed by atoms with Gasteiger partial charge in [-0.25, -0.2) is 0 Å². The van der Waals surface area contributed by atoms with Gasteiger partial charge in [-0.3, -0.25) is 4.90 Å². The van der Waals surface area contributed by atoms with Crippen LogP contribution >= 0.6 is 0 Å². The van der Waals surface area contributed by atoms with Crippen LogP contribution in [0.2, 0.25) is 0 Å². The maximum absolute atomic E-state index is 2.74. The number of rotatable bonds is 3. The molecule has 1 saturated heterocycles. The summed E-state index contributed by atoms with van der Waals surface area (Å²) in [4.78, 5) is 7.54. The van der Waals surface area contributed by atoms with E-state index in [2.05, 4.69) is 35.8 Å². The maximum atomic E-state index is 2.74. The zero-order chi connectivity index (χ0) is 12.3. The third kappa shape index (κ3) is 3.94. The molecule has 100 valence electrons. The molecule has 0 aromatic rings. The SMILES string of the molecule is CN(C)CC1CCC(N2CCN(C)CC2)CC1. The van der Waals surface area contributed by atoms with Gasteiger partial charge in [0.25, 0.3) is 0 Å². The molecule has 1 aliphatic carbocycles. The van der Waals surface area contributed by atoms with Crippen molar-refractivity contribution < 1.29 is 0 Å². The van der Waals surface area contributed by atoms with Crippen LogP contribution in [0.15, 0.2) is 0 Å². The van der Waals surface area contributed by atoms with Crippen molar-refractivity contribution in [3.8, 4) is 0 Å². The van der Waals surface area contributed by atoms with Crippen molar-refractivity contribution in [2.45, 2.75) is 31.7 Å². The van der Waals surface area contributed by atoms with E-state index in [1.165, 1.54) is 58.4 Å². The molecule has 2 fully saturated rings. The quantitative estimate of drug-likeness (QED) is 0.736. The third-order valence-corrected chi connectivity index (χ3v) is 4.49. The minimum Gasteiger partial charge on any atom is -0.309 e. The Balaban J connectivity index is 1.71. The monoisotopic (exact) mass is 239 g/mol. The Morgan fingerprint density at radius 1 is 0.941 bits per heavy atom. The molecule has 2 rings (SSSR count). The standard InChI is InChI=1S/C14H29N3/c1-15(2)12-13-4-6-14(7-5-13)17-10-8-16(3)9-11-17/h13-14H,4-12H2,1-3H3. The highest BCUT2D eigenvalue weighted by Crippen LogP contribution is 2.28. The van der Waals surface area contributed by atoms with E-state index in [1.54, 1.807) is 0 Å². The molecule has 3 heteroatoms. The lowest BCUT2D eigenvalue weighted by molar-refractivity contribution is 0.0777. The lowest BCUT2D eigenvalue weighted by Gasteiger charge is -2.41. The zero-order valence-corrected chi connectivity index (χ0v) is 11.9. The summed E-state index contributed by atoms with van der Waals surface area (Å²) in [5.74, 6) is 0.953. The van der Waals surface area contributed by atoms with Crippen molar-refractivity contribution in [3.63, 3.8) is 0 Å². The fraction of sp³-hybridized carbons (Fsp3) is 1.00. The topological polar surface area (TPSA) is 9.72 Å². The molecule has 0 bridgehead atoms. The van der Waals surface area contributed by atoms with Gasteiger partial charge >= 0.3 is 0 Å². The van der Waals surface area contributed by atoms with Gasteiger partial charge in [0.2, 0.25) is 0 Å². The molecule has 0 spiro atoms. The summed E-state index contributed by atoms with van der Waals surface area (Å²) >= 11 is 0. The highest BCUT2D eigenvalue weighted by atomic mass is 15.3. The van der Waals surface area contributed by atoms with Gasteiger partial charge in [-0.15, -0.1) is 0 Å². The summed E-state index contributed by atoms with van der Waals surface area (Å²) in [6.45, 7) is 6.39. The van der Waals surface area contributed by atoms with Crippen LogP contribution in [-0.2, 0) is 0 Å². The first-order valence-corrected chi connectivity index (χ1v) is 7.22. The molecule has 17 heavy (non-hydrogen) atoms. The van der Waals surface area contributed by atoms with Crippen LogP contribution in [-0.4, -0.2) is 74.6 Å². The van der Waals surface area contributed by atoms with E-state index in [1.807, 2.05) is 0 Å². The molecule has 0 atom stereocenters. The first kappa shape index (κ1) is 13.3. The molecule has 0 N–H and O–H groups in total. The van der Waals surface area contributed by atoms with Gasteiger partial charge in [0.15, 0.2) is 0 Å². The Bertz CT molecular complexity index is 214. The van der Waals surface area contributed by atoms with Crippen LogP contribution < -0.4 is 0 Å². The maximum Gasteiger partial charge on any atom is 0.0113 e. The molecular weight excluding hydrogens is 210 g/mol. The van der Waals surface area contributed by atoms with Crippen molar-refractivity contribution in [2.24, 2.45) is 5.92 Å². The van der Waals surface area contributed by atoms with E-state index in [9.17, 15) is 0 Å². The molecule has 1 aliphatic heterocycles. The summed E-state index contributed by atoms with van der Waals surface area (Å²) in [6.07, 6.45) is 5.74. The van der Waals surface area contributed by atoms with E-state index in [-0.39, 0.29) is 0 Å². The lowest BCUT2D eigenvalue weighted by atomic mass is 9.85. The highest BCUT2D eigenvalue weighted by molar-refractivity contribution is 4.83. The second-order valence-electron chi connectivity index (χ2n) is 6.28. The third-order valence-electron chi connectivity index (χ3n) is 4.49. The molecule has 3 nitrogen and oxygen atoms in total. The molecule has 1 heterocycles. The second-order valence-corrected chi connectivity index (χ2v) is 6.28. The zero-order valence-electron chi connectivity index (χ0n) is 11.9. The van der Waals surface area contributed by atoms with E-state index in [0.717, 1.165) is 12.0 Å². The summed E-state index contributed by atoms with van der Waals surface area (Å²) in [6, 6.07) is 0.891. The average Bonchev–Trinajstić information content (AvgIpc) is 2.30. The van der Waals surface area contributed by atoms with Gasteiger partial charge in [-0.2, -0.15) is 0 Å². The van der Waals surface area contributed by atoms with Gasteiger partial charge < -0.3 is 9.80 Å². The summed E-state index contributed by atoms with van der Waals surface area (Å²) in [7, 11) is 6.64. The molecule has 0 unspecified atom stereocenters. The van der Waals surface area contributed by atoms with Crippen LogP contribution in [0, 0.1) is 5.92 Å². The number of nitrogens with zero attached hydrogens (tertiary/aromatic N) is 3. The molecule has 0 radical (unpaired) electrons. The van der Waals surface area contributed by atoms with Crippen molar-refractivity contribution in [3.05, 3.63) is 0 Å². The first-order chi connectivity index (χ1) is 8.15. The smallest absolute Gasteiger partial charge is 0.0113 e. The van der Waals surface area contributed by atoms with Crippen molar-refractivity contribution in [1.29, 1.82) is 0 Å². The van der Waals surface area contributed by atoms with Crippen LogP contribution in [0.4, 0.5) is 0 Å². The predicted molar refractivity (Wildman–Crippen MR) is 73.4 cm³/mol. The number of piperazine rings is 1. The predicted octanol–water partition coefficient (Wildman–Crippen LogP) is 1.35. The normalized spacial score (nSPS) is 33.2. The van der Waals surface area contributed by atoms with E-state index in [0.29, 0.717) is 0 Å².